The molecule has 66 valence electrons. The van der Waals surface area contributed by atoms with Crippen molar-refractivity contribution in [2.24, 2.45) is 4.99 Å². The molecule has 3 rings (SSSR count). The molecule has 0 radical (unpaired) electrons. The SMILES string of the molecule is C1=CC=Cc2c(sc3cccnc23)N=1. The van der Waals surface area contributed by atoms with Gasteiger partial charge < -0.3 is 0 Å². The summed E-state index contributed by atoms with van der Waals surface area (Å²) in [5.74, 6) is 2.86. The second-order valence-corrected chi connectivity index (χ2v) is 3.97. The van der Waals surface area contributed by atoms with E-state index in [-0.39, 0.29) is 0 Å². The fraction of sp³-hybridized carbons (Fsp3) is 0. The van der Waals surface area contributed by atoms with E-state index < -0.39 is 0 Å². The van der Waals surface area contributed by atoms with Gasteiger partial charge in [-0.25, -0.2) is 0 Å². The molecule has 0 N–H and O–H groups in total. The number of rotatable bonds is 0. The van der Waals surface area contributed by atoms with Crippen LogP contribution in [0.4, 0.5) is 5.00 Å². The molecule has 1 aliphatic heterocycles. The van der Waals surface area contributed by atoms with E-state index in [0.29, 0.717) is 0 Å². The molecular weight excluding hydrogens is 192 g/mol. The van der Waals surface area contributed by atoms with Crippen molar-refractivity contribution in [3.8, 4) is 0 Å². The third-order valence-corrected chi connectivity index (χ3v) is 3.12. The normalized spacial score (nSPS) is 13.1. The standard InChI is InChI=1S/C11H6N2S/c1-2-6-13-11-8(4-1)10-9(14-11)5-3-7-12-10/h1-5,7H. The Morgan fingerprint density at radius 1 is 1.36 bits per heavy atom. The van der Waals surface area contributed by atoms with E-state index in [4.69, 9.17) is 0 Å². The molecule has 0 aliphatic carbocycles. The van der Waals surface area contributed by atoms with Crippen LogP contribution in [0.25, 0.3) is 16.3 Å². The second-order valence-electron chi connectivity index (χ2n) is 2.94. The number of thiophene rings is 1. The van der Waals surface area contributed by atoms with Crippen molar-refractivity contribution < 1.29 is 0 Å². The Bertz CT molecular complexity index is 586. The molecule has 0 saturated heterocycles. The van der Waals surface area contributed by atoms with Gasteiger partial charge in [-0.1, -0.05) is 6.08 Å². The molecule has 0 spiro atoms. The van der Waals surface area contributed by atoms with Crippen LogP contribution in [-0.2, 0) is 0 Å². The smallest absolute Gasteiger partial charge is 0.136 e. The summed E-state index contributed by atoms with van der Waals surface area (Å²) in [6.45, 7) is 0. The quantitative estimate of drug-likeness (QED) is 0.638. The average Bonchev–Trinajstić information content (AvgIpc) is 2.42. The Hall–Kier alpha value is -1.70. The summed E-state index contributed by atoms with van der Waals surface area (Å²) in [6.07, 6.45) is 7.59. The Morgan fingerprint density at radius 3 is 3.36 bits per heavy atom. The zero-order chi connectivity index (χ0) is 9.38. The highest BCUT2D eigenvalue weighted by Gasteiger charge is 2.09. The summed E-state index contributed by atoms with van der Waals surface area (Å²) in [4.78, 5) is 8.59. The first kappa shape index (κ1) is 7.68. The predicted molar refractivity (Wildman–Crippen MR) is 60.3 cm³/mol. The molecule has 1 aliphatic rings. The summed E-state index contributed by atoms with van der Waals surface area (Å²) in [6, 6.07) is 4.01. The summed E-state index contributed by atoms with van der Waals surface area (Å²) in [5, 5.41) is 0.990. The summed E-state index contributed by atoms with van der Waals surface area (Å²) in [7, 11) is 0. The van der Waals surface area contributed by atoms with E-state index in [1.807, 2.05) is 30.5 Å². The van der Waals surface area contributed by atoms with Crippen LogP contribution in [0.1, 0.15) is 5.56 Å². The van der Waals surface area contributed by atoms with Gasteiger partial charge in [-0.2, -0.15) is 4.99 Å². The summed E-state index contributed by atoms with van der Waals surface area (Å²) >= 11 is 1.65. The van der Waals surface area contributed by atoms with Crippen molar-refractivity contribution in [3.05, 3.63) is 36.0 Å². The molecule has 14 heavy (non-hydrogen) atoms. The molecule has 2 aromatic heterocycles. The number of aliphatic imine (C=N–C) groups is 1. The fourth-order valence-corrected chi connectivity index (χ4v) is 2.44. The molecule has 0 unspecified atom stereocenters. The lowest BCUT2D eigenvalue weighted by Crippen LogP contribution is -1.73. The van der Waals surface area contributed by atoms with Crippen LogP contribution in [0, 0.1) is 0 Å². The lowest BCUT2D eigenvalue weighted by Gasteiger charge is -1.89. The molecule has 0 fully saturated rings. The topological polar surface area (TPSA) is 25.2 Å². The number of hydrogen-bond donors (Lipinski definition) is 0. The highest BCUT2D eigenvalue weighted by molar-refractivity contribution is 7.22. The Kier molecular flexibility index (Phi) is 1.60. The lowest BCUT2D eigenvalue weighted by atomic mass is 10.2. The van der Waals surface area contributed by atoms with Crippen LogP contribution >= 0.6 is 11.3 Å². The van der Waals surface area contributed by atoms with E-state index >= 15 is 0 Å². The molecule has 3 heterocycles. The van der Waals surface area contributed by atoms with Crippen molar-refractivity contribution in [3.63, 3.8) is 0 Å². The van der Waals surface area contributed by atoms with Gasteiger partial charge in [-0.3, -0.25) is 4.98 Å². The summed E-state index contributed by atoms with van der Waals surface area (Å²) < 4.78 is 1.18. The molecular formula is C11H6N2S. The van der Waals surface area contributed by atoms with Gasteiger partial charge in [0.25, 0.3) is 0 Å². The van der Waals surface area contributed by atoms with Crippen LogP contribution in [0.2, 0.25) is 0 Å². The van der Waals surface area contributed by atoms with E-state index in [2.05, 4.69) is 21.9 Å². The Morgan fingerprint density at radius 2 is 2.36 bits per heavy atom. The van der Waals surface area contributed by atoms with Gasteiger partial charge in [-0.15, -0.1) is 11.3 Å². The van der Waals surface area contributed by atoms with Crippen molar-refractivity contribution in [2.75, 3.05) is 0 Å². The first-order valence-corrected chi connectivity index (χ1v) is 5.10. The monoisotopic (exact) mass is 198 g/mol. The molecule has 0 amide bonds. The van der Waals surface area contributed by atoms with Crippen molar-refractivity contribution in [1.82, 2.24) is 4.98 Å². The zero-order valence-electron chi connectivity index (χ0n) is 7.27. The maximum atomic E-state index is 4.35. The van der Waals surface area contributed by atoms with Crippen molar-refractivity contribution in [1.29, 1.82) is 0 Å². The van der Waals surface area contributed by atoms with E-state index in [1.165, 1.54) is 4.70 Å². The van der Waals surface area contributed by atoms with Gasteiger partial charge in [0.1, 0.15) is 5.00 Å². The third kappa shape index (κ3) is 1.04. The van der Waals surface area contributed by atoms with Gasteiger partial charge in [-0.05, 0) is 30.2 Å². The predicted octanol–water partition coefficient (Wildman–Crippen LogP) is 3.18. The maximum Gasteiger partial charge on any atom is 0.136 e. The zero-order valence-corrected chi connectivity index (χ0v) is 8.08. The van der Waals surface area contributed by atoms with Crippen LogP contribution < -0.4 is 0 Å². The Balaban J connectivity index is 2.46. The lowest BCUT2D eigenvalue weighted by molar-refractivity contribution is 1.42. The average molecular weight is 198 g/mol. The third-order valence-electron chi connectivity index (χ3n) is 2.06. The highest BCUT2D eigenvalue weighted by atomic mass is 32.1. The molecule has 0 aromatic carbocycles. The van der Waals surface area contributed by atoms with Crippen molar-refractivity contribution >= 4 is 38.5 Å². The highest BCUT2D eigenvalue weighted by Crippen LogP contribution is 2.37. The first-order valence-electron chi connectivity index (χ1n) is 4.29. The maximum absolute atomic E-state index is 4.35. The second kappa shape index (κ2) is 2.91. The van der Waals surface area contributed by atoms with Crippen LogP contribution in [-0.4, -0.2) is 10.9 Å². The number of nitrogens with zero attached hydrogens (tertiary/aromatic N) is 2. The van der Waals surface area contributed by atoms with Crippen LogP contribution in [0.3, 0.4) is 0 Å². The minimum absolute atomic E-state index is 0.990. The van der Waals surface area contributed by atoms with Gasteiger partial charge in [0, 0.05) is 11.8 Å². The number of pyridine rings is 1. The van der Waals surface area contributed by atoms with Crippen LogP contribution in [0.15, 0.2) is 35.5 Å². The number of aromatic nitrogens is 1. The molecule has 2 aromatic rings. The number of allylic oxidation sites excluding steroid dienone is 2. The van der Waals surface area contributed by atoms with Gasteiger partial charge in [0.15, 0.2) is 0 Å². The van der Waals surface area contributed by atoms with E-state index in [1.54, 1.807) is 11.3 Å². The molecule has 2 nitrogen and oxygen atoms in total. The first-order chi connectivity index (χ1) is 6.95. The Labute approximate surface area is 84.9 Å². The van der Waals surface area contributed by atoms with Crippen LogP contribution in [0.5, 0.6) is 0 Å². The van der Waals surface area contributed by atoms with Gasteiger partial charge in [0.05, 0.1) is 10.2 Å². The van der Waals surface area contributed by atoms with E-state index in [9.17, 15) is 0 Å². The van der Waals surface area contributed by atoms with Gasteiger partial charge >= 0.3 is 0 Å². The van der Waals surface area contributed by atoms with Gasteiger partial charge in [0.2, 0.25) is 0 Å². The minimum Gasteiger partial charge on any atom is -0.255 e. The fourth-order valence-electron chi connectivity index (χ4n) is 1.45. The van der Waals surface area contributed by atoms with Crippen molar-refractivity contribution in [2.45, 2.75) is 0 Å². The molecule has 0 saturated carbocycles. The number of hydrogen-bond acceptors (Lipinski definition) is 3. The summed E-state index contributed by atoms with van der Waals surface area (Å²) in [5.41, 5.74) is 2.14. The largest absolute Gasteiger partial charge is 0.255 e. The molecule has 0 atom stereocenters. The van der Waals surface area contributed by atoms with E-state index in [0.717, 1.165) is 16.1 Å². The minimum atomic E-state index is 0.990. The molecule has 0 bridgehead atoms. The molecule has 3 heteroatoms. The number of fused-ring (bicyclic) bond motifs is 3.